The summed E-state index contributed by atoms with van der Waals surface area (Å²) >= 11 is 0. The van der Waals surface area contributed by atoms with Gasteiger partial charge in [0.2, 0.25) is 6.17 Å². The lowest BCUT2D eigenvalue weighted by Crippen LogP contribution is -2.18. The second kappa shape index (κ2) is 4.16. The van der Waals surface area contributed by atoms with E-state index in [9.17, 15) is 9.81 Å². The van der Waals surface area contributed by atoms with E-state index >= 15 is 0 Å². The molecule has 0 heterocycles. The number of hydrogen-bond acceptors (Lipinski definition) is 4. The van der Waals surface area contributed by atoms with E-state index in [1.165, 1.54) is 6.42 Å². The fourth-order valence-corrected chi connectivity index (χ4v) is 1.62. The Kier molecular flexibility index (Phi) is 3.14. The number of rotatable bonds is 3. The normalized spacial score (nSPS) is 20.1. The van der Waals surface area contributed by atoms with Crippen LogP contribution in [0.1, 0.15) is 32.1 Å². The van der Waals surface area contributed by atoms with Gasteiger partial charge in [-0.25, -0.2) is 0 Å². The molecular formula is C7H12N2O2. The second-order valence-electron chi connectivity index (χ2n) is 3.02. The van der Waals surface area contributed by atoms with Crippen LogP contribution in [0.2, 0.25) is 0 Å². The third kappa shape index (κ3) is 2.06. The second-order valence-corrected chi connectivity index (χ2v) is 3.02. The average Bonchev–Trinajstić information content (AvgIpc) is 2.09. The lowest BCUT2D eigenvalue weighted by molar-refractivity contribution is 0.309. The maximum Gasteiger partial charge on any atom is 0.225 e. The zero-order valence-corrected chi connectivity index (χ0v) is 6.40. The van der Waals surface area contributed by atoms with Gasteiger partial charge in [-0.05, 0) is 23.2 Å². The van der Waals surface area contributed by atoms with Crippen LogP contribution in [0.3, 0.4) is 0 Å². The summed E-state index contributed by atoms with van der Waals surface area (Å²) < 4.78 is 0. The molecule has 0 aromatic carbocycles. The van der Waals surface area contributed by atoms with Gasteiger partial charge in [0, 0.05) is 5.92 Å². The molecule has 4 heteroatoms. The van der Waals surface area contributed by atoms with Crippen LogP contribution < -0.4 is 0 Å². The highest BCUT2D eigenvalue weighted by molar-refractivity contribution is 4.76. The molecule has 1 rings (SSSR count). The molecule has 1 aliphatic carbocycles. The highest BCUT2D eigenvalue weighted by atomic mass is 16.3. The Morgan fingerprint density at radius 1 is 1.00 bits per heavy atom. The zero-order valence-electron chi connectivity index (χ0n) is 6.40. The number of nitroso groups, excluding NO2 is 2. The van der Waals surface area contributed by atoms with E-state index < -0.39 is 6.17 Å². The molecule has 0 atom stereocenters. The Hall–Kier alpha value is -0.800. The van der Waals surface area contributed by atoms with Crippen molar-refractivity contribution in [1.29, 1.82) is 0 Å². The molecule has 0 aromatic rings. The minimum absolute atomic E-state index is 0.124. The molecule has 11 heavy (non-hydrogen) atoms. The van der Waals surface area contributed by atoms with E-state index in [-0.39, 0.29) is 5.92 Å². The van der Waals surface area contributed by atoms with E-state index in [1.54, 1.807) is 0 Å². The van der Waals surface area contributed by atoms with Crippen LogP contribution in [0.4, 0.5) is 0 Å². The van der Waals surface area contributed by atoms with Crippen molar-refractivity contribution in [2.24, 2.45) is 16.3 Å². The molecule has 0 aromatic heterocycles. The summed E-state index contributed by atoms with van der Waals surface area (Å²) in [4.78, 5) is 20.2. The van der Waals surface area contributed by atoms with Crippen molar-refractivity contribution in [2.75, 3.05) is 0 Å². The maximum absolute atomic E-state index is 10.1. The minimum atomic E-state index is -0.824. The van der Waals surface area contributed by atoms with Crippen LogP contribution in [-0.4, -0.2) is 6.17 Å². The van der Waals surface area contributed by atoms with Gasteiger partial charge in [-0.15, -0.1) is 9.81 Å². The molecule has 4 nitrogen and oxygen atoms in total. The highest BCUT2D eigenvalue weighted by Crippen LogP contribution is 2.28. The summed E-state index contributed by atoms with van der Waals surface area (Å²) in [5.74, 6) is 0.124. The third-order valence-corrected chi connectivity index (χ3v) is 2.29. The van der Waals surface area contributed by atoms with Crippen LogP contribution in [0.15, 0.2) is 10.4 Å². The quantitative estimate of drug-likeness (QED) is 0.589. The molecule has 0 amide bonds. The Labute approximate surface area is 65.3 Å². The van der Waals surface area contributed by atoms with Gasteiger partial charge in [-0.2, -0.15) is 0 Å². The number of hydrogen-bond donors (Lipinski definition) is 0. The third-order valence-electron chi connectivity index (χ3n) is 2.29. The fraction of sp³-hybridized carbons (Fsp3) is 1.00. The molecule has 0 N–H and O–H groups in total. The van der Waals surface area contributed by atoms with Gasteiger partial charge in [0.05, 0.1) is 0 Å². The molecule has 0 radical (unpaired) electrons. The van der Waals surface area contributed by atoms with Crippen LogP contribution in [0.5, 0.6) is 0 Å². The molecule has 0 bridgehead atoms. The molecule has 0 saturated heterocycles. The van der Waals surface area contributed by atoms with E-state index in [0.717, 1.165) is 25.7 Å². The van der Waals surface area contributed by atoms with Gasteiger partial charge < -0.3 is 0 Å². The molecule has 1 saturated carbocycles. The van der Waals surface area contributed by atoms with Gasteiger partial charge >= 0.3 is 0 Å². The predicted molar refractivity (Wildman–Crippen MR) is 42.0 cm³/mol. The van der Waals surface area contributed by atoms with Gasteiger partial charge in [-0.1, -0.05) is 19.3 Å². The van der Waals surface area contributed by atoms with Crippen LogP contribution in [0.25, 0.3) is 0 Å². The van der Waals surface area contributed by atoms with Crippen molar-refractivity contribution in [3.05, 3.63) is 9.81 Å². The first-order valence-corrected chi connectivity index (χ1v) is 4.03. The van der Waals surface area contributed by atoms with Gasteiger partial charge in [0.1, 0.15) is 0 Å². The first-order valence-electron chi connectivity index (χ1n) is 4.03. The number of nitrogens with zero attached hydrogens (tertiary/aromatic N) is 2. The summed E-state index contributed by atoms with van der Waals surface area (Å²) in [7, 11) is 0. The Balaban J connectivity index is 2.42. The van der Waals surface area contributed by atoms with E-state index in [1.807, 2.05) is 0 Å². The van der Waals surface area contributed by atoms with Crippen molar-refractivity contribution >= 4 is 0 Å². The summed E-state index contributed by atoms with van der Waals surface area (Å²) in [5.41, 5.74) is 0. The van der Waals surface area contributed by atoms with Gasteiger partial charge in [-0.3, -0.25) is 0 Å². The lowest BCUT2D eigenvalue weighted by atomic mass is 9.87. The van der Waals surface area contributed by atoms with Crippen molar-refractivity contribution in [3.8, 4) is 0 Å². The van der Waals surface area contributed by atoms with Crippen LogP contribution >= 0.6 is 0 Å². The highest BCUT2D eigenvalue weighted by Gasteiger charge is 2.24. The lowest BCUT2D eigenvalue weighted by Gasteiger charge is -2.20. The Morgan fingerprint density at radius 2 is 1.55 bits per heavy atom. The smallest absolute Gasteiger partial charge is 0.148 e. The minimum Gasteiger partial charge on any atom is -0.148 e. The molecule has 0 spiro atoms. The van der Waals surface area contributed by atoms with Crippen molar-refractivity contribution < 1.29 is 0 Å². The largest absolute Gasteiger partial charge is 0.225 e. The monoisotopic (exact) mass is 156 g/mol. The molecule has 1 fully saturated rings. The molecular weight excluding hydrogens is 144 g/mol. The van der Waals surface area contributed by atoms with E-state index in [2.05, 4.69) is 10.4 Å². The average molecular weight is 156 g/mol. The van der Waals surface area contributed by atoms with E-state index in [0.29, 0.717) is 0 Å². The summed E-state index contributed by atoms with van der Waals surface area (Å²) in [6.07, 6.45) is 4.46. The van der Waals surface area contributed by atoms with Crippen LogP contribution in [0, 0.1) is 15.7 Å². The predicted octanol–water partition coefficient (Wildman–Crippen LogP) is 2.43. The Bertz CT molecular complexity index is 135. The molecule has 62 valence electrons. The summed E-state index contributed by atoms with van der Waals surface area (Å²) in [5, 5.41) is 5.40. The maximum atomic E-state index is 10.1. The van der Waals surface area contributed by atoms with Crippen molar-refractivity contribution in [3.63, 3.8) is 0 Å². The first kappa shape index (κ1) is 8.30. The topological polar surface area (TPSA) is 58.9 Å². The molecule has 0 unspecified atom stereocenters. The SMILES string of the molecule is O=NC(N=O)C1CCCCC1. The van der Waals surface area contributed by atoms with Gasteiger partial charge in [0.15, 0.2) is 0 Å². The van der Waals surface area contributed by atoms with Crippen molar-refractivity contribution in [1.82, 2.24) is 0 Å². The summed E-state index contributed by atoms with van der Waals surface area (Å²) in [6, 6.07) is 0. The van der Waals surface area contributed by atoms with Gasteiger partial charge in [0.25, 0.3) is 0 Å². The Morgan fingerprint density at radius 3 is 2.00 bits per heavy atom. The van der Waals surface area contributed by atoms with E-state index in [4.69, 9.17) is 0 Å². The molecule has 0 aliphatic heterocycles. The fourth-order valence-electron chi connectivity index (χ4n) is 1.62. The summed E-state index contributed by atoms with van der Waals surface area (Å²) in [6.45, 7) is 0. The van der Waals surface area contributed by atoms with Crippen molar-refractivity contribution in [2.45, 2.75) is 38.3 Å². The van der Waals surface area contributed by atoms with Crippen LogP contribution in [-0.2, 0) is 0 Å². The zero-order chi connectivity index (χ0) is 8.10. The first-order chi connectivity index (χ1) is 5.38. The molecule has 1 aliphatic rings. The standard InChI is InChI=1S/C7H12N2O2/c10-8-7(9-11)6-4-2-1-3-5-6/h6-7H,1-5H2.